The third kappa shape index (κ3) is 1.90. The van der Waals surface area contributed by atoms with Gasteiger partial charge in [-0.2, -0.15) is 5.10 Å². The molecule has 0 aromatic carbocycles. The van der Waals surface area contributed by atoms with Crippen LogP contribution in [0.25, 0.3) is 0 Å². The molecule has 1 aromatic rings. The van der Waals surface area contributed by atoms with Crippen LogP contribution in [0.15, 0.2) is 12.3 Å². The Balaban J connectivity index is 2.95. The predicted molar refractivity (Wildman–Crippen MR) is 46.2 cm³/mol. The molecule has 0 fully saturated rings. The minimum atomic E-state index is -1.16. The van der Waals surface area contributed by atoms with Gasteiger partial charge in [-0.1, -0.05) is 6.92 Å². The molecular formula is C8H10N2O4. The van der Waals surface area contributed by atoms with Crippen LogP contribution in [0, 0.1) is 0 Å². The van der Waals surface area contributed by atoms with Gasteiger partial charge in [0.05, 0.1) is 0 Å². The van der Waals surface area contributed by atoms with Gasteiger partial charge in [-0.25, -0.2) is 9.59 Å². The Bertz CT molecular complexity index is 358. The number of hydrogen-bond donors (Lipinski definition) is 2. The summed E-state index contributed by atoms with van der Waals surface area (Å²) in [5.74, 6) is -2.18. The molecule has 0 saturated heterocycles. The quantitative estimate of drug-likeness (QED) is 0.739. The molecule has 0 spiro atoms. The minimum Gasteiger partial charge on any atom is -0.480 e. The van der Waals surface area contributed by atoms with E-state index in [1.165, 1.54) is 12.3 Å². The van der Waals surface area contributed by atoms with E-state index in [1.807, 2.05) is 0 Å². The van der Waals surface area contributed by atoms with Crippen molar-refractivity contribution in [2.45, 2.75) is 19.4 Å². The van der Waals surface area contributed by atoms with Gasteiger partial charge in [0.25, 0.3) is 0 Å². The van der Waals surface area contributed by atoms with Crippen LogP contribution in [-0.2, 0) is 4.79 Å². The van der Waals surface area contributed by atoms with Gasteiger partial charge < -0.3 is 10.2 Å². The van der Waals surface area contributed by atoms with Crippen LogP contribution in [-0.4, -0.2) is 31.9 Å². The second-order valence-electron chi connectivity index (χ2n) is 2.75. The number of aliphatic carboxylic acids is 1. The number of hydrogen-bond acceptors (Lipinski definition) is 3. The van der Waals surface area contributed by atoms with Crippen LogP contribution in [0.3, 0.4) is 0 Å². The zero-order valence-electron chi connectivity index (χ0n) is 7.54. The fourth-order valence-corrected chi connectivity index (χ4v) is 1.10. The molecule has 0 amide bonds. The van der Waals surface area contributed by atoms with Crippen molar-refractivity contribution in [1.82, 2.24) is 9.78 Å². The van der Waals surface area contributed by atoms with Crippen molar-refractivity contribution in [1.29, 1.82) is 0 Å². The maximum Gasteiger partial charge on any atom is 0.356 e. The van der Waals surface area contributed by atoms with E-state index in [0.717, 1.165) is 4.68 Å². The monoisotopic (exact) mass is 198 g/mol. The van der Waals surface area contributed by atoms with Crippen LogP contribution >= 0.6 is 0 Å². The maximum atomic E-state index is 10.7. The van der Waals surface area contributed by atoms with Crippen molar-refractivity contribution < 1.29 is 19.8 Å². The Kier molecular flexibility index (Phi) is 2.85. The van der Waals surface area contributed by atoms with Crippen LogP contribution in [0.5, 0.6) is 0 Å². The van der Waals surface area contributed by atoms with E-state index in [9.17, 15) is 9.59 Å². The number of nitrogens with zero attached hydrogens (tertiary/aromatic N) is 2. The predicted octanol–water partition coefficient (Wildman–Crippen LogP) is 0.617. The SMILES string of the molecule is CCC(C(=O)O)n1ccc(C(=O)O)n1. The molecule has 2 N–H and O–H groups in total. The maximum absolute atomic E-state index is 10.7. The van der Waals surface area contributed by atoms with Crippen molar-refractivity contribution in [3.05, 3.63) is 18.0 Å². The van der Waals surface area contributed by atoms with Gasteiger partial charge in [-0.3, -0.25) is 4.68 Å². The molecule has 0 aliphatic rings. The molecular weight excluding hydrogens is 188 g/mol. The summed E-state index contributed by atoms with van der Waals surface area (Å²) in [6.07, 6.45) is 1.71. The first-order valence-electron chi connectivity index (χ1n) is 4.07. The first-order chi connectivity index (χ1) is 6.56. The normalized spacial score (nSPS) is 12.4. The van der Waals surface area contributed by atoms with E-state index in [0.29, 0.717) is 6.42 Å². The molecule has 6 heteroatoms. The molecule has 0 bridgehead atoms. The van der Waals surface area contributed by atoms with Crippen LogP contribution in [0.4, 0.5) is 0 Å². The summed E-state index contributed by atoms with van der Waals surface area (Å²) >= 11 is 0. The van der Waals surface area contributed by atoms with Crippen molar-refractivity contribution >= 4 is 11.9 Å². The zero-order chi connectivity index (χ0) is 10.7. The third-order valence-electron chi connectivity index (χ3n) is 1.82. The fraction of sp³-hybridized carbons (Fsp3) is 0.375. The first kappa shape index (κ1) is 10.2. The Hall–Kier alpha value is -1.85. The number of rotatable bonds is 4. The second-order valence-corrected chi connectivity index (χ2v) is 2.75. The van der Waals surface area contributed by atoms with Crippen LogP contribution < -0.4 is 0 Å². The fourth-order valence-electron chi connectivity index (χ4n) is 1.10. The zero-order valence-corrected chi connectivity index (χ0v) is 7.54. The average molecular weight is 198 g/mol. The highest BCUT2D eigenvalue weighted by molar-refractivity contribution is 5.85. The number of carbonyl (C=O) groups is 2. The molecule has 1 unspecified atom stereocenters. The van der Waals surface area contributed by atoms with Crippen molar-refractivity contribution in [2.75, 3.05) is 0 Å². The van der Waals surface area contributed by atoms with E-state index >= 15 is 0 Å². The van der Waals surface area contributed by atoms with Gasteiger partial charge >= 0.3 is 11.9 Å². The summed E-state index contributed by atoms with van der Waals surface area (Å²) in [5, 5.41) is 21.0. The molecule has 0 aliphatic carbocycles. The number of aromatic nitrogens is 2. The van der Waals surface area contributed by atoms with Crippen molar-refractivity contribution in [3.8, 4) is 0 Å². The van der Waals surface area contributed by atoms with Gasteiger partial charge in [0.2, 0.25) is 0 Å². The van der Waals surface area contributed by atoms with E-state index in [4.69, 9.17) is 10.2 Å². The molecule has 0 saturated carbocycles. The average Bonchev–Trinajstić information content (AvgIpc) is 2.53. The van der Waals surface area contributed by atoms with Crippen LogP contribution in [0.1, 0.15) is 29.9 Å². The largest absolute Gasteiger partial charge is 0.480 e. The lowest BCUT2D eigenvalue weighted by Gasteiger charge is -2.09. The van der Waals surface area contributed by atoms with Crippen molar-refractivity contribution in [3.63, 3.8) is 0 Å². The lowest BCUT2D eigenvalue weighted by Crippen LogP contribution is -2.19. The lowest BCUT2D eigenvalue weighted by atomic mass is 10.2. The molecule has 76 valence electrons. The molecule has 1 aromatic heterocycles. The first-order valence-corrected chi connectivity index (χ1v) is 4.07. The van der Waals surface area contributed by atoms with Crippen LogP contribution in [0.2, 0.25) is 0 Å². The highest BCUT2D eigenvalue weighted by Gasteiger charge is 2.19. The van der Waals surface area contributed by atoms with Crippen molar-refractivity contribution in [2.24, 2.45) is 0 Å². The highest BCUT2D eigenvalue weighted by atomic mass is 16.4. The Labute approximate surface area is 79.8 Å². The summed E-state index contributed by atoms with van der Waals surface area (Å²) < 4.78 is 1.14. The summed E-state index contributed by atoms with van der Waals surface area (Å²) in [7, 11) is 0. The molecule has 14 heavy (non-hydrogen) atoms. The van der Waals surface area contributed by atoms with E-state index in [1.54, 1.807) is 6.92 Å². The Morgan fingerprint density at radius 1 is 1.57 bits per heavy atom. The van der Waals surface area contributed by atoms with E-state index in [2.05, 4.69) is 5.10 Å². The van der Waals surface area contributed by atoms with Gasteiger partial charge in [0.15, 0.2) is 5.69 Å². The van der Waals surface area contributed by atoms with Gasteiger partial charge in [-0.05, 0) is 12.5 Å². The molecule has 6 nitrogen and oxygen atoms in total. The molecule has 0 radical (unpaired) electrons. The highest BCUT2D eigenvalue weighted by Crippen LogP contribution is 2.10. The molecule has 0 aliphatic heterocycles. The van der Waals surface area contributed by atoms with E-state index < -0.39 is 18.0 Å². The van der Waals surface area contributed by atoms with Gasteiger partial charge in [0.1, 0.15) is 6.04 Å². The summed E-state index contributed by atoms with van der Waals surface area (Å²) in [6.45, 7) is 1.70. The molecule has 1 heterocycles. The van der Waals surface area contributed by atoms with E-state index in [-0.39, 0.29) is 5.69 Å². The summed E-state index contributed by atoms with van der Waals surface area (Å²) in [4.78, 5) is 21.2. The third-order valence-corrected chi connectivity index (χ3v) is 1.82. The molecule has 1 atom stereocenters. The summed E-state index contributed by atoms with van der Waals surface area (Å²) in [6, 6.07) is 0.469. The number of carboxylic acid groups (broad SMARTS) is 2. The smallest absolute Gasteiger partial charge is 0.356 e. The number of carboxylic acids is 2. The Morgan fingerprint density at radius 3 is 2.57 bits per heavy atom. The second kappa shape index (κ2) is 3.91. The van der Waals surface area contributed by atoms with Gasteiger partial charge in [0, 0.05) is 6.20 Å². The topological polar surface area (TPSA) is 92.4 Å². The number of aromatic carboxylic acids is 1. The molecule has 1 rings (SSSR count). The summed E-state index contributed by atoms with van der Waals surface area (Å²) in [5.41, 5.74) is -0.148. The van der Waals surface area contributed by atoms with Gasteiger partial charge in [-0.15, -0.1) is 0 Å². The Morgan fingerprint density at radius 2 is 2.21 bits per heavy atom. The minimum absolute atomic E-state index is 0.148. The lowest BCUT2D eigenvalue weighted by molar-refractivity contribution is -0.141. The standard InChI is InChI=1S/C8H10N2O4/c1-2-6(8(13)14)10-4-3-5(9-10)7(11)12/h3-4,6H,2H2,1H3,(H,11,12)(H,13,14).